The Labute approximate surface area is 162 Å². The van der Waals surface area contributed by atoms with E-state index in [9.17, 15) is 9.59 Å². The van der Waals surface area contributed by atoms with E-state index in [1.807, 2.05) is 56.3 Å². The molecule has 0 saturated heterocycles. The van der Waals surface area contributed by atoms with Crippen LogP contribution in [0.25, 0.3) is 0 Å². The highest BCUT2D eigenvalue weighted by Gasteiger charge is 2.23. The Hall–Kier alpha value is -2.62. The van der Waals surface area contributed by atoms with Crippen LogP contribution in [-0.2, 0) is 15.0 Å². The largest absolute Gasteiger partial charge is 0.326 e. The quantitative estimate of drug-likeness (QED) is 0.811. The van der Waals surface area contributed by atoms with Crippen molar-refractivity contribution in [3.8, 4) is 0 Å². The summed E-state index contributed by atoms with van der Waals surface area (Å²) < 4.78 is 0. The lowest BCUT2D eigenvalue weighted by Crippen LogP contribution is -2.34. The summed E-state index contributed by atoms with van der Waals surface area (Å²) in [6, 6.07) is 13.9. The fourth-order valence-corrected chi connectivity index (χ4v) is 3.09. The van der Waals surface area contributed by atoms with Gasteiger partial charge in [0.05, 0.1) is 0 Å². The van der Waals surface area contributed by atoms with E-state index >= 15 is 0 Å². The molecule has 0 unspecified atom stereocenters. The number of carbonyl (C=O) groups excluding carboxylic acids is 2. The number of hydrogen-bond donors (Lipinski definition) is 1. The van der Waals surface area contributed by atoms with Crippen LogP contribution in [0, 0.1) is 13.8 Å². The third-order valence-electron chi connectivity index (χ3n) is 4.61. The predicted molar refractivity (Wildman–Crippen MR) is 112 cm³/mol. The van der Waals surface area contributed by atoms with Crippen LogP contribution in [0.4, 0.5) is 11.4 Å². The lowest BCUT2D eigenvalue weighted by atomic mass is 9.85. The minimum Gasteiger partial charge on any atom is -0.326 e. The third kappa shape index (κ3) is 5.43. The van der Waals surface area contributed by atoms with Crippen molar-refractivity contribution in [2.24, 2.45) is 0 Å². The molecule has 1 N–H and O–H groups in total. The van der Waals surface area contributed by atoms with E-state index < -0.39 is 0 Å². The fraction of sp³-hybridized carbons (Fsp3) is 0.391. The van der Waals surface area contributed by atoms with Crippen LogP contribution in [0.1, 0.15) is 50.8 Å². The lowest BCUT2D eigenvalue weighted by molar-refractivity contribution is -0.117. The summed E-state index contributed by atoms with van der Waals surface area (Å²) in [6.45, 7) is 12.2. The number of carbonyl (C=O) groups is 2. The lowest BCUT2D eigenvalue weighted by Gasteiger charge is -2.29. The first-order valence-corrected chi connectivity index (χ1v) is 9.34. The summed E-state index contributed by atoms with van der Waals surface area (Å²) in [5.74, 6) is -0.158. The third-order valence-corrected chi connectivity index (χ3v) is 4.61. The molecule has 0 bridgehead atoms. The van der Waals surface area contributed by atoms with E-state index in [1.165, 1.54) is 0 Å². The molecule has 0 spiro atoms. The number of nitrogens with one attached hydrogen (secondary N) is 1. The highest BCUT2D eigenvalue weighted by atomic mass is 16.2. The van der Waals surface area contributed by atoms with Crippen LogP contribution in [-0.4, -0.2) is 18.4 Å². The van der Waals surface area contributed by atoms with Crippen LogP contribution in [0.2, 0.25) is 0 Å². The van der Waals surface area contributed by atoms with E-state index in [1.54, 1.807) is 11.8 Å². The van der Waals surface area contributed by atoms with Gasteiger partial charge >= 0.3 is 0 Å². The number of anilines is 2. The van der Waals surface area contributed by atoms with Crippen molar-refractivity contribution >= 4 is 23.2 Å². The second kappa shape index (κ2) is 8.38. The van der Waals surface area contributed by atoms with Crippen molar-refractivity contribution in [3.05, 3.63) is 59.2 Å². The number of nitrogens with zero attached hydrogens (tertiary/aromatic N) is 1. The zero-order chi connectivity index (χ0) is 20.2. The average molecular weight is 367 g/mol. The molecule has 27 heavy (non-hydrogen) atoms. The molecule has 2 aromatic rings. The van der Waals surface area contributed by atoms with Gasteiger partial charge in [-0.2, -0.15) is 0 Å². The van der Waals surface area contributed by atoms with Gasteiger partial charge in [0, 0.05) is 31.3 Å². The Morgan fingerprint density at radius 3 is 2.33 bits per heavy atom. The van der Waals surface area contributed by atoms with Gasteiger partial charge < -0.3 is 10.2 Å². The van der Waals surface area contributed by atoms with Crippen LogP contribution in [0.3, 0.4) is 0 Å². The molecule has 0 aliphatic heterocycles. The molecule has 0 heterocycles. The van der Waals surface area contributed by atoms with Gasteiger partial charge in [-0.1, -0.05) is 51.1 Å². The Bertz CT molecular complexity index is 835. The van der Waals surface area contributed by atoms with Crippen LogP contribution in [0.15, 0.2) is 42.5 Å². The number of benzene rings is 2. The smallest absolute Gasteiger partial charge is 0.226 e. The van der Waals surface area contributed by atoms with Crippen molar-refractivity contribution in [2.75, 3.05) is 16.8 Å². The summed E-state index contributed by atoms with van der Waals surface area (Å²) in [5.41, 5.74) is 4.82. The SMILES string of the molecule is CC(=O)N(CCC(=O)Nc1cc(C)ccc1C)c1ccccc1C(C)(C)C. The summed E-state index contributed by atoms with van der Waals surface area (Å²) in [4.78, 5) is 26.5. The minimum atomic E-state index is -0.0943. The van der Waals surface area contributed by atoms with Crippen molar-refractivity contribution < 1.29 is 9.59 Å². The number of rotatable bonds is 5. The Balaban J connectivity index is 2.15. The molecule has 2 aromatic carbocycles. The highest BCUT2D eigenvalue weighted by Crippen LogP contribution is 2.32. The summed E-state index contributed by atoms with van der Waals surface area (Å²) in [5, 5.41) is 2.96. The summed E-state index contributed by atoms with van der Waals surface area (Å²) in [7, 11) is 0. The standard InChI is InChI=1S/C23H30N2O2/c1-16-11-12-17(2)20(15-16)24-22(27)13-14-25(18(3)26)21-10-8-7-9-19(21)23(4,5)6/h7-12,15H,13-14H2,1-6H3,(H,24,27). The van der Waals surface area contributed by atoms with Gasteiger partial charge in [-0.05, 0) is 48.1 Å². The summed E-state index contributed by atoms with van der Waals surface area (Å²) in [6.07, 6.45) is 0.242. The second-order valence-electron chi connectivity index (χ2n) is 8.05. The van der Waals surface area contributed by atoms with Crippen molar-refractivity contribution in [3.63, 3.8) is 0 Å². The van der Waals surface area contributed by atoms with E-state index in [4.69, 9.17) is 0 Å². The van der Waals surface area contributed by atoms with Crippen LogP contribution < -0.4 is 10.2 Å². The Morgan fingerprint density at radius 2 is 1.70 bits per heavy atom. The van der Waals surface area contributed by atoms with E-state index in [-0.39, 0.29) is 23.7 Å². The zero-order valence-electron chi connectivity index (χ0n) is 17.2. The summed E-state index contributed by atoms with van der Waals surface area (Å²) >= 11 is 0. The minimum absolute atomic E-state index is 0.0637. The normalized spacial score (nSPS) is 11.2. The van der Waals surface area contributed by atoms with Gasteiger partial charge in [0.2, 0.25) is 11.8 Å². The second-order valence-corrected chi connectivity index (χ2v) is 8.05. The average Bonchev–Trinajstić information content (AvgIpc) is 2.57. The number of hydrogen-bond acceptors (Lipinski definition) is 2. The van der Waals surface area contributed by atoms with Gasteiger partial charge in [-0.25, -0.2) is 0 Å². The van der Waals surface area contributed by atoms with Crippen LogP contribution >= 0.6 is 0 Å². The van der Waals surface area contributed by atoms with Crippen molar-refractivity contribution in [1.82, 2.24) is 0 Å². The topological polar surface area (TPSA) is 49.4 Å². The molecule has 144 valence electrons. The van der Waals surface area contributed by atoms with E-state index in [2.05, 4.69) is 26.1 Å². The maximum Gasteiger partial charge on any atom is 0.226 e. The first-order valence-electron chi connectivity index (χ1n) is 9.34. The molecule has 0 atom stereocenters. The zero-order valence-corrected chi connectivity index (χ0v) is 17.2. The van der Waals surface area contributed by atoms with Gasteiger partial charge in [0.25, 0.3) is 0 Å². The Morgan fingerprint density at radius 1 is 1.04 bits per heavy atom. The molecule has 0 aliphatic carbocycles. The number of para-hydroxylation sites is 1. The molecule has 0 radical (unpaired) electrons. The molecule has 4 heteroatoms. The molecule has 0 saturated carbocycles. The first-order chi connectivity index (χ1) is 12.6. The number of amides is 2. The van der Waals surface area contributed by atoms with E-state index in [0.29, 0.717) is 6.54 Å². The van der Waals surface area contributed by atoms with Gasteiger partial charge in [-0.15, -0.1) is 0 Å². The predicted octanol–water partition coefficient (Wildman–Crippen LogP) is 4.98. The maximum atomic E-state index is 12.5. The van der Waals surface area contributed by atoms with E-state index in [0.717, 1.165) is 28.1 Å². The number of aryl methyl sites for hydroxylation is 2. The van der Waals surface area contributed by atoms with Gasteiger partial charge in [0.15, 0.2) is 0 Å². The highest BCUT2D eigenvalue weighted by molar-refractivity contribution is 5.95. The molecule has 0 fully saturated rings. The Kier molecular flexibility index (Phi) is 6.42. The molecule has 0 aliphatic rings. The maximum absolute atomic E-state index is 12.5. The van der Waals surface area contributed by atoms with Crippen molar-refractivity contribution in [2.45, 2.75) is 53.4 Å². The monoisotopic (exact) mass is 366 g/mol. The fourth-order valence-electron chi connectivity index (χ4n) is 3.09. The molecular weight excluding hydrogens is 336 g/mol. The molecular formula is C23H30N2O2. The van der Waals surface area contributed by atoms with Crippen molar-refractivity contribution in [1.29, 1.82) is 0 Å². The molecule has 0 aromatic heterocycles. The molecule has 2 amide bonds. The van der Waals surface area contributed by atoms with Gasteiger partial charge in [0.1, 0.15) is 0 Å². The molecule has 2 rings (SSSR count). The van der Waals surface area contributed by atoms with Crippen LogP contribution in [0.5, 0.6) is 0 Å². The van der Waals surface area contributed by atoms with Gasteiger partial charge in [-0.3, -0.25) is 9.59 Å². The first kappa shape index (κ1) is 20.7. The molecule has 4 nitrogen and oxygen atoms in total.